The van der Waals surface area contributed by atoms with Crippen LogP contribution in [-0.4, -0.2) is 25.7 Å². The maximum atomic E-state index is 13.1. The van der Waals surface area contributed by atoms with Gasteiger partial charge >= 0.3 is 6.18 Å². The first-order chi connectivity index (χ1) is 17.3. The summed E-state index contributed by atoms with van der Waals surface area (Å²) in [4.78, 5) is 20.8. The van der Waals surface area contributed by atoms with Crippen molar-refractivity contribution in [3.8, 4) is 23.0 Å². The SMILES string of the molecule is N#Cc1cccc(C(=O)Nc2ccccc2-c2cnn(-c3nccc4nc(C(F)(F)F)ccc34)c2)c1. The van der Waals surface area contributed by atoms with E-state index in [1.165, 1.54) is 29.1 Å². The lowest BCUT2D eigenvalue weighted by molar-refractivity contribution is -0.140. The molecule has 36 heavy (non-hydrogen) atoms. The quantitative estimate of drug-likeness (QED) is 0.357. The predicted molar refractivity (Wildman–Crippen MR) is 126 cm³/mol. The van der Waals surface area contributed by atoms with Crippen molar-refractivity contribution in [1.82, 2.24) is 19.7 Å². The van der Waals surface area contributed by atoms with Crippen molar-refractivity contribution in [3.05, 3.63) is 102 Å². The van der Waals surface area contributed by atoms with Gasteiger partial charge in [0.1, 0.15) is 5.69 Å². The number of nitrogens with one attached hydrogen (secondary N) is 1. The third-order valence-electron chi connectivity index (χ3n) is 5.43. The highest BCUT2D eigenvalue weighted by Crippen LogP contribution is 2.31. The van der Waals surface area contributed by atoms with Crippen molar-refractivity contribution in [2.24, 2.45) is 0 Å². The van der Waals surface area contributed by atoms with Crippen LogP contribution in [0.3, 0.4) is 0 Å². The molecule has 0 aliphatic heterocycles. The summed E-state index contributed by atoms with van der Waals surface area (Å²) in [6.45, 7) is 0. The zero-order valence-electron chi connectivity index (χ0n) is 18.4. The van der Waals surface area contributed by atoms with Crippen molar-refractivity contribution in [2.45, 2.75) is 6.18 Å². The molecule has 0 saturated carbocycles. The standard InChI is InChI=1S/C26H15F3N6O/c27-26(28,29)23-9-8-20-22(33-23)10-11-31-24(20)35-15-18(14-32-35)19-6-1-2-7-21(19)34-25(36)17-5-3-4-16(12-17)13-30/h1-12,14-15H,(H,34,36). The zero-order valence-corrected chi connectivity index (χ0v) is 18.4. The van der Waals surface area contributed by atoms with Crippen LogP contribution in [0.4, 0.5) is 18.9 Å². The van der Waals surface area contributed by atoms with E-state index in [0.717, 1.165) is 6.07 Å². The van der Waals surface area contributed by atoms with E-state index < -0.39 is 11.9 Å². The third kappa shape index (κ3) is 4.37. The average Bonchev–Trinajstić information content (AvgIpc) is 3.37. The number of anilines is 1. The van der Waals surface area contributed by atoms with E-state index in [1.54, 1.807) is 54.9 Å². The van der Waals surface area contributed by atoms with E-state index in [2.05, 4.69) is 20.4 Å². The van der Waals surface area contributed by atoms with Gasteiger partial charge in [0.25, 0.3) is 5.91 Å². The van der Waals surface area contributed by atoms with Crippen LogP contribution < -0.4 is 5.32 Å². The fraction of sp³-hybridized carbons (Fsp3) is 0.0385. The monoisotopic (exact) mass is 484 g/mol. The molecule has 7 nitrogen and oxygen atoms in total. The number of nitrogens with zero attached hydrogens (tertiary/aromatic N) is 5. The van der Waals surface area contributed by atoms with E-state index in [-0.39, 0.29) is 11.4 Å². The van der Waals surface area contributed by atoms with Gasteiger partial charge in [-0.15, -0.1) is 0 Å². The second-order valence-corrected chi connectivity index (χ2v) is 7.76. The number of hydrogen-bond donors (Lipinski definition) is 1. The predicted octanol–water partition coefficient (Wildman–Crippen LogP) is 5.63. The number of alkyl halides is 3. The molecule has 3 aromatic heterocycles. The number of fused-ring (bicyclic) bond motifs is 1. The van der Waals surface area contributed by atoms with Crippen LogP contribution in [0.1, 0.15) is 21.6 Å². The summed E-state index contributed by atoms with van der Waals surface area (Å²) in [5, 5.41) is 16.7. The number of aromatic nitrogens is 4. The number of pyridine rings is 2. The Morgan fingerprint density at radius 3 is 2.67 bits per heavy atom. The second-order valence-electron chi connectivity index (χ2n) is 7.76. The number of carbonyl (C=O) groups excluding carboxylic acids is 1. The van der Waals surface area contributed by atoms with Gasteiger partial charge in [0.2, 0.25) is 0 Å². The Morgan fingerprint density at radius 1 is 1.03 bits per heavy atom. The van der Waals surface area contributed by atoms with Gasteiger partial charge in [-0.3, -0.25) is 4.79 Å². The molecule has 0 bridgehead atoms. The Kier molecular flexibility index (Phi) is 5.66. The van der Waals surface area contributed by atoms with Gasteiger partial charge in [-0.1, -0.05) is 24.3 Å². The lowest BCUT2D eigenvalue weighted by Crippen LogP contribution is -2.12. The smallest absolute Gasteiger partial charge is 0.321 e. The minimum atomic E-state index is -4.55. The Balaban J connectivity index is 1.48. The number of amides is 1. The molecule has 3 heterocycles. The zero-order chi connectivity index (χ0) is 25.3. The molecule has 10 heteroatoms. The molecule has 1 amide bonds. The normalized spacial score (nSPS) is 11.3. The van der Waals surface area contributed by atoms with Gasteiger partial charge in [-0.25, -0.2) is 14.6 Å². The third-order valence-corrected chi connectivity index (χ3v) is 5.43. The first-order valence-corrected chi connectivity index (χ1v) is 10.6. The summed E-state index contributed by atoms with van der Waals surface area (Å²) in [6, 6.07) is 19.1. The number of hydrogen-bond acceptors (Lipinski definition) is 5. The summed E-state index contributed by atoms with van der Waals surface area (Å²) in [5.74, 6) is -0.0657. The van der Waals surface area contributed by atoms with Crippen LogP contribution in [0, 0.1) is 11.3 Å². The molecule has 0 aliphatic rings. The Morgan fingerprint density at radius 2 is 1.86 bits per heavy atom. The van der Waals surface area contributed by atoms with Crippen molar-refractivity contribution in [3.63, 3.8) is 0 Å². The van der Waals surface area contributed by atoms with Gasteiger partial charge in [-0.05, 0) is 42.5 Å². The minimum Gasteiger partial charge on any atom is -0.321 e. The maximum Gasteiger partial charge on any atom is 0.433 e. The van der Waals surface area contributed by atoms with Crippen LogP contribution in [-0.2, 0) is 6.18 Å². The van der Waals surface area contributed by atoms with Crippen molar-refractivity contribution >= 4 is 22.5 Å². The summed E-state index contributed by atoms with van der Waals surface area (Å²) in [5.41, 5.74) is 1.70. The largest absolute Gasteiger partial charge is 0.433 e. The first kappa shape index (κ1) is 22.7. The van der Waals surface area contributed by atoms with Crippen LogP contribution in [0.15, 0.2) is 85.3 Å². The van der Waals surface area contributed by atoms with Crippen LogP contribution in [0.25, 0.3) is 27.8 Å². The molecule has 0 unspecified atom stereocenters. The Bertz CT molecular complexity index is 1650. The molecule has 0 radical (unpaired) electrons. The fourth-order valence-corrected chi connectivity index (χ4v) is 3.73. The number of benzene rings is 2. The van der Waals surface area contributed by atoms with Gasteiger partial charge in [0.05, 0.1) is 23.3 Å². The van der Waals surface area contributed by atoms with Gasteiger partial charge < -0.3 is 5.32 Å². The van der Waals surface area contributed by atoms with Crippen LogP contribution in [0.2, 0.25) is 0 Å². The topological polar surface area (TPSA) is 96.5 Å². The van der Waals surface area contributed by atoms with E-state index in [1.807, 2.05) is 6.07 Å². The molecule has 0 saturated heterocycles. The lowest BCUT2D eigenvalue weighted by Gasteiger charge is -2.10. The van der Waals surface area contributed by atoms with Crippen molar-refractivity contribution in [2.75, 3.05) is 5.32 Å². The van der Waals surface area contributed by atoms with Crippen molar-refractivity contribution in [1.29, 1.82) is 5.26 Å². The highest BCUT2D eigenvalue weighted by molar-refractivity contribution is 6.06. The Hall–Kier alpha value is -5.04. The summed E-state index contributed by atoms with van der Waals surface area (Å²) < 4.78 is 40.6. The molecular weight excluding hydrogens is 469 g/mol. The molecule has 0 fully saturated rings. The number of rotatable bonds is 4. The van der Waals surface area contributed by atoms with E-state index in [9.17, 15) is 18.0 Å². The highest BCUT2D eigenvalue weighted by Gasteiger charge is 2.32. The number of carbonyl (C=O) groups is 1. The second kappa shape index (κ2) is 8.96. The first-order valence-electron chi connectivity index (χ1n) is 10.6. The molecule has 176 valence electrons. The average molecular weight is 484 g/mol. The fourth-order valence-electron chi connectivity index (χ4n) is 3.73. The van der Waals surface area contributed by atoms with Gasteiger partial charge in [0, 0.05) is 40.2 Å². The lowest BCUT2D eigenvalue weighted by atomic mass is 10.1. The summed E-state index contributed by atoms with van der Waals surface area (Å²) in [6.07, 6.45) is 0.0519. The molecule has 0 aliphatic carbocycles. The number of halogens is 3. The van der Waals surface area contributed by atoms with Gasteiger partial charge in [-0.2, -0.15) is 23.5 Å². The minimum absolute atomic E-state index is 0.138. The van der Waals surface area contributed by atoms with Gasteiger partial charge in [0.15, 0.2) is 5.82 Å². The van der Waals surface area contributed by atoms with Crippen molar-refractivity contribution < 1.29 is 18.0 Å². The summed E-state index contributed by atoms with van der Waals surface area (Å²) in [7, 11) is 0. The maximum absolute atomic E-state index is 13.1. The molecule has 0 spiro atoms. The molecule has 5 rings (SSSR count). The van der Waals surface area contributed by atoms with E-state index in [4.69, 9.17) is 5.26 Å². The van der Waals surface area contributed by atoms with Crippen LogP contribution in [0.5, 0.6) is 0 Å². The Labute approximate surface area is 202 Å². The van der Waals surface area contributed by atoms with E-state index in [0.29, 0.717) is 39.1 Å². The molecule has 0 atom stereocenters. The van der Waals surface area contributed by atoms with E-state index >= 15 is 0 Å². The molecule has 2 aromatic carbocycles. The number of para-hydroxylation sites is 1. The summed E-state index contributed by atoms with van der Waals surface area (Å²) >= 11 is 0. The number of nitriles is 1. The molecular formula is C26H15F3N6O. The van der Waals surface area contributed by atoms with Crippen LogP contribution >= 0.6 is 0 Å². The highest BCUT2D eigenvalue weighted by atomic mass is 19.4. The molecule has 1 N–H and O–H groups in total. The molecule has 5 aromatic rings.